The van der Waals surface area contributed by atoms with E-state index in [0.717, 1.165) is 17.0 Å². The standard InChI is InChI=1S/C13H19N5O2/c1-7-10(8(2)17(4)16-7)6-18-9(3)15-11(12(18)14)13(19)20-5/h6,14H2,1-5H3. The van der Waals surface area contributed by atoms with Gasteiger partial charge in [-0.3, -0.25) is 4.68 Å². The van der Waals surface area contributed by atoms with Crippen molar-refractivity contribution in [1.29, 1.82) is 0 Å². The Morgan fingerprint density at radius 2 is 2.00 bits per heavy atom. The minimum atomic E-state index is -0.524. The maximum Gasteiger partial charge on any atom is 0.360 e. The third-order valence-corrected chi connectivity index (χ3v) is 3.55. The molecule has 2 rings (SSSR count). The van der Waals surface area contributed by atoms with Crippen LogP contribution in [0.2, 0.25) is 0 Å². The molecule has 0 amide bonds. The fourth-order valence-electron chi connectivity index (χ4n) is 2.23. The first-order valence-electron chi connectivity index (χ1n) is 6.26. The predicted octanol–water partition coefficient (Wildman–Crippen LogP) is 0.959. The molecular formula is C13H19N5O2. The third-order valence-electron chi connectivity index (χ3n) is 3.55. The molecule has 0 aromatic carbocycles. The Labute approximate surface area is 117 Å². The van der Waals surface area contributed by atoms with Gasteiger partial charge in [0.25, 0.3) is 0 Å². The van der Waals surface area contributed by atoms with Crippen LogP contribution in [-0.2, 0) is 18.3 Å². The summed E-state index contributed by atoms with van der Waals surface area (Å²) in [5.74, 6) is 0.464. The lowest BCUT2D eigenvalue weighted by Crippen LogP contribution is -2.10. The van der Waals surface area contributed by atoms with Gasteiger partial charge < -0.3 is 15.0 Å². The molecule has 2 aromatic heterocycles. The Hall–Kier alpha value is -2.31. The van der Waals surface area contributed by atoms with E-state index in [2.05, 4.69) is 14.8 Å². The van der Waals surface area contributed by atoms with Crippen LogP contribution in [0.5, 0.6) is 0 Å². The number of aryl methyl sites for hydroxylation is 3. The predicted molar refractivity (Wildman–Crippen MR) is 74.5 cm³/mol. The van der Waals surface area contributed by atoms with Crippen molar-refractivity contribution < 1.29 is 9.53 Å². The highest BCUT2D eigenvalue weighted by molar-refractivity contribution is 5.92. The number of nitrogen functional groups attached to an aromatic ring is 1. The van der Waals surface area contributed by atoms with Crippen molar-refractivity contribution in [2.24, 2.45) is 7.05 Å². The Bertz CT molecular complexity index is 669. The van der Waals surface area contributed by atoms with E-state index in [-0.39, 0.29) is 5.69 Å². The Kier molecular flexibility index (Phi) is 3.52. The van der Waals surface area contributed by atoms with Gasteiger partial charge in [-0.05, 0) is 20.8 Å². The highest BCUT2D eigenvalue weighted by Gasteiger charge is 2.20. The zero-order valence-electron chi connectivity index (χ0n) is 12.4. The van der Waals surface area contributed by atoms with E-state index in [1.54, 1.807) is 4.57 Å². The fraction of sp³-hybridized carbons (Fsp3) is 0.462. The van der Waals surface area contributed by atoms with E-state index >= 15 is 0 Å². The number of hydrogen-bond donors (Lipinski definition) is 1. The first kappa shape index (κ1) is 14.1. The summed E-state index contributed by atoms with van der Waals surface area (Å²) < 4.78 is 8.30. The number of ether oxygens (including phenoxy) is 1. The van der Waals surface area contributed by atoms with Crippen molar-refractivity contribution in [2.75, 3.05) is 12.8 Å². The lowest BCUT2D eigenvalue weighted by atomic mass is 10.2. The molecule has 7 heteroatoms. The molecule has 2 heterocycles. The molecule has 0 aliphatic heterocycles. The molecular weight excluding hydrogens is 258 g/mol. The van der Waals surface area contributed by atoms with Gasteiger partial charge in [-0.15, -0.1) is 0 Å². The topological polar surface area (TPSA) is 88.0 Å². The van der Waals surface area contributed by atoms with Gasteiger partial charge in [0.05, 0.1) is 19.3 Å². The number of esters is 1. The van der Waals surface area contributed by atoms with Crippen LogP contribution in [0.25, 0.3) is 0 Å². The maximum atomic E-state index is 11.6. The minimum Gasteiger partial charge on any atom is -0.464 e. The van der Waals surface area contributed by atoms with Gasteiger partial charge in [0.1, 0.15) is 11.6 Å². The summed E-state index contributed by atoms with van der Waals surface area (Å²) in [4.78, 5) is 15.8. The number of hydrogen-bond acceptors (Lipinski definition) is 5. The Morgan fingerprint density at radius 1 is 1.35 bits per heavy atom. The van der Waals surface area contributed by atoms with Gasteiger partial charge in [-0.2, -0.15) is 5.10 Å². The average Bonchev–Trinajstić information content (AvgIpc) is 2.82. The molecule has 20 heavy (non-hydrogen) atoms. The fourth-order valence-corrected chi connectivity index (χ4v) is 2.23. The zero-order chi connectivity index (χ0) is 15.0. The van der Waals surface area contributed by atoms with Crippen LogP contribution in [0, 0.1) is 20.8 Å². The van der Waals surface area contributed by atoms with Crippen molar-refractivity contribution in [3.05, 3.63) is 28.5 Å². The van der Waals surface area contributed by atoms with Crippen LogP contribution in [0.3, 0.4) is 0 Å². The van der Waals surface area contributed by atoms with E-state index in [9.17, 15) is 4.79 Å². The highest BCUT2D eigenvalue weighted by Crippen LogP contribution is 2.20. The van der Waals surface area contributed by atoms with Crippen molar-refractivity contribution in [3.8, 4) is 0 Å². The average molecular weight is 277 g/mol. The first-order valence-corrected chi connectivity index (χ1v) is 6.26. The number of imidazole rings is 1. The summed E-state index contributed by atoms with van der Waals surface area (Å²) in [5.41, 5.74) is 9.25. The summed E-state index contributed by atoms with van der Waals surface area (Å²) in [6.45, 7) is 6.29. The van der Waals surface area contributed by atoms with Crippen molar-refractivity contribution >= 4 is 11.8 Å². The number of carbonyl (C=O) groups is 1. The van der Waals surface area contributed by atoms with Gasteiger partial charge >= 0.3 is 5.97 Å². The van der Waals surface area contributed by atoms with E-state index < -0.39 is 5.97 Å². The zero-order valence-corrected chi connectivity index (χ0v) is 12.4. The molecule has 0 spiro atoms. The van der Waals surface area contributed by atoms with Gasteiger partial charge in [0, 0.05) is 18.3 Å². The maximum absolute atomic E-state index is 11.6. The molecule has 0 aliphatic rings. The Morgan fingerprint density at radius 3 is 2.50 bits per heavy atom. The van der Waals surface area contributed by atoms with Gasteiger partial charge in [0.15, 0.2) is 5.69 Å². The second-order valence-corrected chi connectivity index (χ2v) is 4.74. The number of aromatic nitrogens is 4. The normalized spacial score (nSPS) is 10.8. The lowest BCUT2D eigenvalue weighted by Gasteiger charge is -2.08. The second-order valence-electron chi connectivity index (χ2n) is 4.74. The lowest BCUT2D eigenvalue weighted by molar-refractivity contribution is 0.0595. The van der Waals surface area contributed by atoms with Crippen LogP contribution in [0.15, 0.2) is 0 Å². The monoisotopic (exact) mass is 277 g/mol. The van der Waals surface area contributed by atoms with Crippen molar-refractivity contribution in [3.63, 3.8) is 0 Å². The quantitative estimate of drug-likeness (QED) is 0.844. The molecule has 0 aliphatic carbocycles. The molecule has 0 unspecified atom stereocenters. The third kappa shape index (κ3) is 2.15. The molecule has 0 atom stereocenters. The summed E-state index contributed by atoms with van der Waals surface area (Å²) in [6.07, 6.45) is 0. The second kappa shape index (κ2) is 4.99. The molecule has 0 radical (unpaired) electrons. The number of anilines is 1. The molecule has 108 valence electrons. The summed E-state index contributed by atoms with van der Waals surface area (Å²) in [6, 6.07) is 0. The van der Waals surface area contributed by atoms with Gasteiger partial charge in [-0.1, -0.05) is 0 Å². The van der Waals surface area contributed by atoms with E-state index in [0.29, 0.717) is 18.2 Å². The van der Waals surface area contributed by atoms with Crippen LogP contribution in [0.4, 0.5) is 5.82 Å². The highest BCUT2D eigenvalue weighted by atomic mass is 16.5. The summed E-state index contributed by atoms with van der Waals surface area (Å²) in [7, 11) is 3.21. The number of rotatable bonds is 3. The molecule has 0 bridgehead atoms. The van der Waals surface area contributed by atoms with Crippen molar-refractivity contribution in [1.82, 2.24) is 19.3 Å². The van der Waals surface area contributed by atoms with Crippen molar-refractivity contribution in [2.45, 2.75) is 27.3 Å². The van der Waals surface area contributed by atoms with Crippen LogP contribution < -0.4 is 5.73 Å². The number of nitrogens with zero attached hydrogens (tertiary/aromatic N) is 4. The molecule has 0 saturated heterocycles. The smallest absolute Gasteiger partial charge is 0.360 e. The molecule has 0 fully saturated rings. The number of methoxy groups -OCH3 is 1. The molecule has 2 N–H and O–H groups in total. The largest absolute Gasteiger partial charge is 0.464 e. The molecule has 0 saturated carbocycles. The van der Waals surface area contributed by atoms with Crippen LogP contribution in [-0.4, -0.2) is 32.4 Å². The first-order chi connectivity index (χ1) is 9.36. The summed E-state index contributed by atoms with van der Waals surface area (Å²) in [5, 5.41) is 4.37. The van der Waals surface area contributed by atoms with Crippen LogP contribution >= 0.6 is 0 Å². The van der Waals surface area contributed by atoms with Crippen LogP contribution in [0.1, 0.15) is 33.3 Å². The van der Waals surface area contributed by atoms with E-state index in [1.807, 2.05) is 32.5 Å². The Balaban J connectivity index is 2.44. The SMILES string of the molecule is COC(=O)c1nc(C)n(Cc2c(C)nn(C)c2C)c1N. The van der Waals surface area contributed by atoms with Gasteiger partial charge in [-0.25, -0.2) is 9.78 Å². The molecule has 2 aromatic rings. The van der Waals surface area contributed by atoms with Gasteiger partial charge in [0.2, 0.25) is 0 Å². The van der Waals surface area contributed by atoms with E-state index in [1.165, 1.54) is 7.11 Å². The van der Waals surface area contributed by atoms with E-state index in [4.69, 9.17) is 5.73 Å². The summed E-state index contributed by atoms with van der Waals surface area (Å²) >= 11 is 0. The minimum absolute atomic E-state index is 0.157. The number of carbonyl (C=O) groups excluding carboxylic acids is 1. The molecule has 7 nitrogen and oxygen atoms in total. The number of nitrogens with two attached hydrogens (primary N) is 1.